The molecular weight excluding hydrogens is 362 g/mol. The Balaban J connectivity index is 1.90. The maximum Gasteiger partial charge on any atom is 0.408 e. The fourth-order valence-corrected chi connectivity index (χ4v) is 2.86. The first-order valence-electron chi connectivity index (χ1n) is 8.81. The second-order valence-corrected chi connectivity index (χ2v) is 7.50. The molecule has 1 amide bonds. The molecule has 3 aromatic rings. The maximum atomic E-state index is 12.7. The highest BCUT2D eigenvalue weighted by atomic mass is 16.6. The van der Waals surface area contributed by atoms with Crippen molar-refractivity contribution in [2.24, 2.45) is 0 Å². The number of amides is 1. The molecule has 0 bridgehead atoms. The van der Waals surface area contributed by atoms with Crippen molar-refractivity contribution < 1.29 is 23.8 Å². The van der Waals surface area contributed by atoms with Gasteiger partial charge in [0.15, 0.2) is 0 Å². The number of para-hydroxylation sites is 1. The minimum atomic E-state index is -1.20. The molecule has 1 heterocycles. The van der Waals surface area contributed by atoms with E-state index < -0.39 is 23.7 Å². The van der Waals surface area contributed by atoms with E-state index >= 15 is 0 Å². The molecule has 3 rings (SSSR count). The molecule has 0 saturated heterocycles. The van der Waals surface area contributed by atoms with E-state index in [1.54, 1.807) is 63.2 Å². The number of hydrogen-bond donors (Lipinski definition) is 2. The minimum Gasteiger partial charge on any atom is -0.480 e. The van der Waals surface area contributed by atoms with Crippen LogP contribution in [-0.4, -0.2) is 28.8 Å². The van der Waals surface area contributed by atoms with Gasteiger partial charge in [0.05, 0.1) is 10.8 Å². The third-order valence-corrected chi connectivity index (χ3v) is 4.07. The van der Waals surface area contributed by atoms with Gasteiger partial charge >= 0.3 is 12.1 Å². The summed E-state index contributed by atoms with van der Waals surface area (Å²) in [6, 6.07) is 10.6. The summed E-state index contributed by atoms with van der Waals surface area (Å²) >= 11 is 0. The molecule has 0 fully saturated rings. The van der Waals surface area contributed by atoms with Crippen molar-refractivity contribution in [2.45, 2.75) is 38.8 Å². The highest BCUT2D eigenvalue weighted by Gasteiger charge is 2.24. The standard InChI is InChI=1S/C21H21NO6/c1-21(2,3)28-20(26)22-15(19(24)25)11-12-8-9-17-14(10-12)18(23)13-6-4-5-7-16(13)27-17/h4-10,15H,11H2,1-3H3,(H,22,26)(H,24,25)/t15-/m0/s1. The predicted octanol–water partition coefficient (Wildman–Crippen LogP) is 3.47. The zero-order chi connectivity index (χ0) is 20.5. The number of aliphatic carboxylic acids is 1. The summed E-state index contributed by atoms with van der Waals surface area (Å²) in [6.07, 6.45) is -0.817. The van der Waals surface area contributed by atoms with Crippen molar-refractivity contribution in [3.63, 3.8) is 0 Å². The van der Waals surface area contributed by atoms with Crippen LogP contribution in [0.15, 0.2) is 51.7 Å². The van der Waals surface area contributed by atoms with E-state index in [0.717, 1.165) is 0 Å². The Hall–Kier alpha value is -3.35. The Morgan fingerprint density at radius 1 is 1.11 bits per heavy atom. The molecule has 0 aliphatic heterocycles. The minimum absolute atomic E-state index is 0.00319. The maximum absolute atomic E-state index is 12.7. The summed E-state index contributed by atoms with van der Waals surface area (Å²) in [5, 5.41) is 12.6. The van der Waals surface area contributed by atoms with E-state index in [1.807, 2.05) is 0 Å². The van der Waals surface area contributed by atoms with Gasteiger partial charge in [-0.25, -0.2) is 9.59 Å². The number of fused-ring (bicyclic) bond motifs is 2. The van der Waals surface area contributed by atoms with Gasteiger partial charge in [0.1, 0.15) is 22.8 Å². The number of carboxylic acid groups (broad SMARTS) is 1. The number of carbonyl (C=O) groups is 2. The summed E-state index contributed by atoms with van der Waals surface area (Å²) in [5.41, 5.74) is 0.558. The largest absolute Gasteiger partial charge is 0.480 e. The molecule has 2 aromatic carbocycles. The van der Waals surface area contributed by atoms with Crippen LogP contribution in [0.3, 0.4) is 0 Å². The smallest absolute Gasteiger partial charge is 0.408 e. The van der Waals surface area contributed by atoms with Crippen molar-refractivity contribution in [1.29, 1.82) is 0 Å². The number of carbonyl (C=O) groups excluding carboxylic acids is 1. The molecule has 2 N–H and O–H groups in total. The average molecular weight is 383 g/mol. The normalized spacial score (nSPS) is 12.7. The molecule has 28 heavy (non-hydrogen) atoms. The van der Waals surface area contributed by atoms with E-state index in [9.17, 15) is 19.5 Å². The molecule has 1 aromatic heterocycles. The molecule has 0 aliphatic carbocycles. The van der Waals surface area contributed by atoms with E-state index in [1.165, 1.54) is 0 Å². The summed E-state index contributed by atoms with van der Waals surface area (Å²) in [5.74, 6) is -1.20. The average Bonchev–Trinajstić information content (AvgIpc) is 2.60. The Kier molecular flexibility index (Phi) is 5.09. The fraction of sp³-hybridized carbons (Fsp3) is 0.286. The summed E-state index contributed by atoms with van der Waals surface area (Å²) in [7, 11) is 0. The SMILES string of the molecule is CC(C)(C)OC(=O)N[C@@H](Cc1ccc2oc3ccccc3c(=O)c2c1)C(=O)O. The number of benzene rings is 2. The third kappa shape index (κ3) is 4.31. The van der Waals surface area contributed by atoms with Crippen LogP contribution in [0.25, 0.3) is 21.9 Å². The zero-order valence-corrected chi connectivity index (χ0v) is 15.8. The van der Waals surface area contributed by atoms with Gasteiger partial charge in [0, 0.05) is 6.42 Å². The van der Waals surface area contributed by atoms with E-state index in [2.05, 4.69) is 5.32 Å². The van der Waals surface area contributed by atoms with Gasteiger partial charge in [0.25, 0.3) is 0 Å². The molecule has 146 valence electrons. The Morgan fingerprint density at radius 2 is 1.79 bits per heavy atom. The number of carboxylic acids is 1. The molecule has 0 saturated carbocycles. The van der Waals surface area contributed by atoms with Gasteiger partial charge in [-0.05, 0) is 50.6 Å². The number of alkyl carbamates (subject to hydrolysis) is 1. The van der Waals surface area contributed by atoms with Gasteiger partial charge in [0.2, 0.25) is 5.43 Å². The van der Waals surface area contributed by atoms with Crippen LogP contribution < -0.4 is 10.7 Å². The van der Waals surface area contributed by atoms with E-state index in [4.69, 9.17) is 9.15 Å². The van der Waals surface area contributed by atoms with E-state index in [0.29, 0.717) is 27.5 Å². The first kappa shape index (κ1) is 19.4. The zero-order valence-electron chi connectivity index (χ0n) is 15.8. The Bertz CT molecular complexity index is 1110. The lowest BCUT2D eigenvalue weighted by atomic mass is 10.0. The van der Waals surface area contributed by atoms with Crippen molar-refractivity contribution in [1.82, 2.24) is 5.32 Å². The molecular formula is C21H21NO6. The summed E-state index contributed by atoms with van der Waals surface area (Å²) in [4.78, 5) is 36.2. The second-order valence-electron chi connectivity index (χ2n) is 7.50. The Morgan fingerprint density at radius 3 is 2.46 bits per heavy atom. The van der Waals surface area contributed by atoms with Crippen molar-refractivity contribution >= 4 is 34.0 Å². The number of hydrogen-bond acceptors (Lipinski definition) is 5. The van der Waals surface area contributed by atoms with Crippen LogP contribution in [0.2, 0.25) is 0 Å². The monoisotopic (exact) mass is 383 g/mol. The summed E-state index contributed by atoms with van der Waals surface area (Å²) in [6.45, 7) is 5.07. The fourth-order valence-electron chi connectivity index (χ4n) is 2.86. The van der Waals surface area contributed by atoms with Crippen LogP contribution in [0.1, 0.15) is 26.3 Å². The van der Waals surface area contributed by atoms with Gasteiger partial charge in [-0.15, -0.1) is 0 Å². The third-order valence-electron chi connectivity index (χ3n) is 4.07. The van der Waals surface area contributed by atoms with Gasteiger partial charge < -0.3 is 19.6 Å². The molecule has 1 atom stereocenters. The predicted molar refractivity (Wildman–Crippen MR) is 104 cm³/mol. The van der Waals surface area contributed by atoms with Crippen molar-refractivity contribution in [2.75, 3.05) is 0 Å². The number of nitrogens with one attached hydrogen (secondary N) is 1. The molecule has 7 heteroatoms. The lowest BCUT2D eigenvalue weighted by Crippen LogP contribution is -2.44. The highest BCUT2D eigenvalue weighted by Crippen LogP contribution is 2.20. The topological polar surface area (TPSA) is 106 Å². The quantitative estimate of drug-likeness (QED) is 0.668. The first-order chi connectivity index (χ1) is 13.1. The molecule has 7 nitrogen and oxygen atoms in total. The molecule has 0 aliphatic rings. The molecule has 0 unspecified atom stereocenters. The second kappa shape index (κ2) is 7.34. The van der Waals surface area contributed by atoms with Crippen LogP contribution in [0.5, 0.6) is 0 Å². The van der Waals surface area contributed by atoms with Crippen LogP contribution in [-0.2, 0) is 16.0 Å². The van der Waals surface area contributed by atoms with Crippen molar-refractivity contribution in [3.8, 4) is 0 Å². The number of ether oxygens (including phenoxy) is 1. The Labute approximate surface area is 160 Å². The lowest BCUT2D eigenvalue weighted by molar-refractivity contribution is -0.139. The molecule has 0 radical (unpaired) electrons. The van der Waals surface area contributed by atoms with E-state index in [-0.39, 0.29) is 11.8 Å². The van der Waals surface area contributed by atoms with Gasteiger partial charge in [-0.3, -0.25) is 4.79 Å². The van der Waals surface area contributed by atoms with Crippen molar-refractivity contribution in [3.05, 3.63) is 58.3 Å². The number of rotatable bonds is 4. The summed E-state index contributed by atoms with van der Waals surface area (Å²) < 4.78 is 10.9. The van der Waals surface area contributed by atoms with Crippen LogP contribution in [0.4, 0.5) is 4.79 Å². The lowest BCUT2D eigenvalue weighted by Gasteiger charge is -2.22. The molecule has 0 spiro atoms. The first-order valence-corrected chi connectivity index (χ1v) is 8.81. The van der Waals surface area contributed by atoms with Crippen LogP contribution >= 0.6 is 0 Å². The van der Waals surface area contributed by atoms with Gasteiger partial charge in [-0.2, -0.15) is 0 Å². The van der Waals surface area contributed by atoms with Gasteiger partial charge in [-0.1, -0.05) is 18.2 Å². The highest BCUT2D eigenvalue weighted by molar-refractivity contribution is 5.90. The van der Waals surface area contributed by atoms with Crippen LogP contribution in [0, 0.1) is 0 Å².